The molecule has 7 rings (SSSR count). The van der Waals surface area contributed by atoms with Crippen molar-refractivity contribution in [3.8, 4) is 22.3 Å². The first-order valence-electron chi connectivity index (χ1n) is 12.8. The van der Waals surface area contributed by atoms with Crippen molar-refractivity contribution in [2.24, 2.45) is 0 Å². The van der Waals surface area contributed by atoms with Crippen molar-refractivity contribution >= 4 is 27.3 Å². The molecule has 0 bridgehead atoms. The number of ketones is 1. The van der Waals surface area contributed by atoms with Gasteiger partial charge in [-0.25, -0.2) is 0 Å². The summed E-state index contributed by atoms with van der Waals surface area (Å²) < 4.78 is 0. The van der Waals surface area contributed by atoms with Crippen molar-refractivity contribution in [2.75, 3.05) is 0 Å². The standard InChI is InChI=1S/C36H26O/c1-36(2)31-15-7-13-29(27-19-17-23-9-3-5-11-25(23)21-27)33(31)35(37)34-30(14-8-16-32(34)36)28-20-18-24-10-4-6-12-26(24)22-28/h3-22H,1-2H3. The van der Waals surface area contributed by atoms with E-state index in [1.54, 1.807) is 0 Å². The Kier molecular flexibility index (Phi) is 4.71. The van der Waals surface area contributed by atoms with Crippen molar-refractivity contribution in [1.29, 1.82) is 0 Å². The average molecular weight is 475 g/mol. The van der Waals surface area contributed by atoms with Gasteiger partial charge in [0.2, 0.25) is 0 Å². The zero-order valence-electron chi connectivity index (χ0n) is 21.0. The Labute approximate surface area is 217 Å². The van der Waals surface area contributed by atoms with E-state index < -0.39 is 0 Å². The van der Waals surface area contributed by atoms with Crippen LogP contribution in [0, 0.1) is 0 Å². The Morgan fingerprint density at radius 2 is 0.892 bits per heavy atom. The molecule has 6 aromatic rings. The fourth-order valence-electron chi connectivity index (χ4n) is 6.10. The largest absolute Gasteiger partial charge is 0.289 e. The van der Waals surface area contributed by atoms with Crippen LogP contribution in [0.1, 0.15) is 40.9 Å². The van der Waals surface area contributed by atoms with E-state index in [9.17, 15) is 4.79 Å². The molecule has 0 fully saturated rings. The summed E-state index contributed by atoms with van der Waals surface area (Å²) in [5.74, 6) is 0.108. The van der Waals surface area contributed by atoms with Crippen LogP contribution in [0.3, 0.4) is 0 Å². The van der Waals surface area contributed by atoms with Crippen molar-refractivity contribution < 1.29 is 4.79 Å². The van der Waals surface area contributed by atoms with E-state index in [0.29, 0.717) is 0 Å². The van der Waals surface area contributed by atoms with E-state index in [2.05, 4.69) is 135 Å². The molecule has 1 aliphatic rings. The van der Waals surface area contributed by atoms with E-state index in [1.165, 1.54) is 21.5 Å². The zero-order chi connectivity index (χ0) is 25.1. The van der Waals surface area contributed by atoms with Gasteiger partial charge >= 0.3 is 0 Å². The topological polar surface area (TPSA) is 17.1 Å². The van der Waals surface area contributed by atoms with Crippen LogP contribution in [0.2, 0.25) is 0 Å². The Morgan fingerprint density at radius 1 is 0.459 bits per heavy atom. The van der Waals surface area contributed by atoms with Gasteiger partial charge in [0.25, 0.3) is 0 Å². The number of benzene rings is 6. The molecule has 0 aromatic heterocycles. The van der Waals surface area contributed by atoms with Gasteiger partial charge in [-0.3, -0.25) is 4.79 Å². The molecule has 0 radical (unpaired) electrons. The van der Waals surface area contributed by atoms with Gasteiger partial charge in [-0.15, -0.1) is 0 Å². The summed E-state index contributed by atoms with van der Waals surface area (Å²) >= 11 is 0. The first kappa shape index (κ1) is 21.8. The van der Waals surface area contributed by atoms with Crippen LogP contribution in [-0.4, -0.2) is 5.78 Å². The minimum atomic E-state index is -0.307. The molecule has 0 amide bonds. The van der Waals surface area contributed by atoms with E-state index in [-0.39, 0.29) is 11.2 Å². The van der Waals surface area contributed by atoms with Crippen molar-refractivity contribution in [2.45, 2.75) is 19.3 Å². The van der Waals surface area contributed by atoms with Crippen molar-refractivity contribution in [1.82, 2.24) is 0 Å². The van der Waals surface area contributed by atoms with E-state index in [4.69, 9.17) is 0 Å². The third-order valence-corrected chi connectivity index (χ3v) is 8.05. The first-order valence-corrected chi connectivity index (χ1v) is 12.8. The number of hydrogen-bond donors (Lipinski definition) is 0. The van der Waals surface area contributed by atoms with Crippen LogP contribution in [0.5, 0.6) is 0 Å². The Morgan fingerprint density at radius 3 is 1.35 bits per heavy atom. The molecule has 37 heavy (non-hydrogen) atoms. The predicted molar refractivity (Wildman–Crippen MR) is 154 cm³/mol. The Balaban J connectivity index is 1.47. The minimum Gasteiger partial charge on any atom is -0.289 e. The maximum absolute atomic E-state index is 14.5. The molecule has 0 aliphatic heterocycles. The number of hydrogen-bond acceptors (Lipinski definition) is 1. The Bertz CT molecular complexity index is 1740. The fourth-order valence-corrected chi connectivity index (χ4v) is 6.10. The minimum absolute atomic E-state index is 0.108. The van der Waals surface area contributed by atoms with Gasteiger partial charge in [-0.1, -0.05) is 123 Å². The molecule has 0 N–H and O–H groups in total. The highest BCUT2D eigenvalue weighted by atomic mass is 16.1. The van der Waals surface area contributed by atoms with Crippen LogP contribution in [0.25, 0.3) is 43.8 Å². The second kappa shape index (κ2) is 8.01. The monoisotopic (exact) mass is 474 g/mol. The lowest BCUT2D eigenvalue weighted by Crippen LogP contribution is -2.31. The summed E-state index contributed by atoms with van der Waals surface area (Å²) in [5.41, 5.74) is 7.67. The van der Waals surface area contributed by atoms with Gasteiger partial charge in [-0.05, 0) is 67.1 Å². The zero-order valence-corrected chi connectivity index (χ0v) is 21.0. The van der Waals surface area contributed by atoms with Gasteiger partial charge in [0.15, 0.2) is 5.78 Å². The summed E-state index contributed by atoms with van der Waals surface area (Å²) in [6.07, 6.45) is 0. The quantitative estimate of drug-likeness (QED) is 0.244. The molecule has 6 aromatic carbocycles. The molecule has 0 spiro atoms. The van der Waals surface area contributed by atoms with Crippen LogP contribution in [0.15, 0.2) is 121 Å². The lowest BCUT2D eigenvalue weighted by molar-refractivity contribution is 0.103. The molecular weight excluding hydrogens is 448 g/mol. The average Bonchev–Trinajstić information content (AvgIpc) is 2.95. The van der Waals surface area contributed by atoms with Crippen molar-refractivity contribution in [3.63, 3.8) is 0 Å². The van der Waals surface area contributed by atoms with E-state index >= 15 is 0 Å². The lowest BCUT2D eigenvalue weighted by Gasteiger charge is -2.36. The molecule has 1 aliphatic carbocycles. The molecular formula is C36H26O. The number of carbonyl (C=O) groups excluding carboxylic acids is 1. The highest BCUT2D eigenvalue weighted by molar-refractivity contribution is 6.20. The number of carbonyl (C=O) groups is 1. The van der Waals surface area contributed by atoms with Crippen molar-refractivity contribution in [3.05, 3.63) is 144 Å². The van der Waals surface area contributed by atoms with E-state index in [1.807, 2.05) is 0 Å². The predicted octanol–water partition coefficient (Wildman–Crippen LogP) is 9.20. The molecule has 0 saturated heterocycles. The maximum atomic E-state index is 14.5. The van der Waals surface area contributed by atoms with Gasteiger partial charge in [0.05, 0.1) is 0 Å². The summed E-state index contributed by atoms with van der Waals surface area (Å²) in [7, 11) is 0. The van der Waals surface area contributed by atoms with Gasteiger partial charge in [0.1, 0.15) is 0 Å². The fraction of sp³-hybridized carbons (Fsp3) is 0.0833. The highest BCUT2D eigenvalue weighted by Gasteiger charge is 2.39. The van der Waals surface area contributed by atoms with Crippen LogP contribution in [0.4, 0.5) is 0 Å². The molecule has 176 valence electrons. The molecule has 1 heteroatoms. The second-order valence-electron chi connectivity index (χ2n) is 10.5. The summed E-state index contributed by atoms with van der Waals surface area (Å²) in [5, 5.41) is 4.76. The van der Waals surface area contributed by atoms with Gasteiger partial charge < -0.3 is 0 Å². The molecule has 0 heterocycles. The van der Waals surface area contributed by atoms with Gasteiger partial charge in [0, 0.05) is 16.5 Å². The van der Waals surface area contributed by atoms with E-state index in [0.717, 1.165) is 44.5 Å². The second-order valence-corrected chi connectivity index (χ2v) is 10.5. The smallest absolute Gasteiger partial charge is 0.194 e. The summed E-state index contributed by atoms with van der Waals surface area (Å²) in [6.45, 7) is 4.48. The summed E-state index contributed by atoms with van der Waals surface area (Å²) in [6, 6.07) is 42.4. The van der Waals surface area contributed by atoms with Crippen LogP contribution >= 0.6 is 0 Å². The number of rotatable bonds is 2. The lowest BCUT2D eigenvalue weighted by atomic mass is 9.66. The van der Waals surface area contributed by atoms with Gasteiger partial charge in [-0.2, -0.15) is 0 Å². The Hall–Kier alpha value is -4.49. The molecule has 1 nitrogen and oxygen atoms in total. The molecule has 0 unspecified atom stereocenters. The SMILES string of the molecule is CC1(C)c2cccc(-c3ccc4ccccc4c3)c2C(=O)c2c(-c3ccc4ccccc4c3)cccc21. The third kappa shape index (κ3) is 3.28. The molecule has 0 saturated carbocycles. The maximum Gasteiger partial charge on any atom is 0.194 e. The van der Waals surface area contributed by atoms with Crippen LogP contribution in [-0.2, 0) is 5.41 Å². The van der Waals surface area contributed by atoms with Crippen LogP contribution < -0.4 is 0 Å². The third-order valence-electron chi connectivity index (χ3n) is 8.05. The summed E-state index contributed by atoms with van der Waals surface area (Å²) in [4.78, 5) is 14.5. The normalized spacial score (nSPS) is 13.9. The highest BCUT2D eigenvalue weighted by Crippen LogP contribution is 2.47. The molecule has 0 atom stereocenters. The first-order chi connectivity index (χ1) is 18.0. The number of fused-ring (bicyclic) bond motifs is 4.